The zero-order chi connectivity index (χ0) is 21.3. The molecule has 0 spiro atoms. The third-order valence-electron chi connectivity index (χ3n) is 5.38. The largest absolute Gasteiger partial charge is 0.346 e. The van der Waals surface area contributed by atoms with Crippen molar-refractivity contribution in [3.8, 4) is 6.07 Å². The van der Waals surface area contributed by atoms with Crippen molar-refractivity contribution in [2.24, 2.45) is 0 Å². The van der Waals surface area contributed by atoms with E-state index in [9.17, 15) is 18.5 Å². The number of nitrogens with zero attached hydrogens (tertiary/aromatic N) is 4. The van der Waals surface area contributed by atoms with Gasteiger partial charge in [-0.3, -0.25) is 4.79 Å². The molecular formula is C21H26N4O3S. The van der Waals surface area contributed by atoms with Crippen LogP contribution in [0, 0.1) is 25.2 Å². The zero-order valence-electron chi connectivity index (χ0n) is 17.2. The van der Waals surface area contributed by atoms with E-state index in [1.54, 1.807) is 17.0 Å². The Morgan fingerprint density at radius 2 is 1.72 bits per heavy atom. The summed E-state index contributed by atoms with van der Waals surface area (Å²) in [7, 11) is -3.77. The summed E-state index contributed by atoms with van der Waals surface area (Å²) in [5.74, 6) is -0.0699. The van der Waals surface area contributed by atoms with E-state index >= 15 is 0 Å². The van der Waals surface area contributed by atoms with Crippen LogP contribution >= 0.6 is 0 Å². The van der Waals surface area contributed by atoms with Gasteiger partial charge in [0.25, 0.3) is 5.91 Å². The van der Waals surface area contributed by atoms with Crippen LogP contribution in [0.4, 0.5) is 0 Å². The van der Waals surface area contributed by atoms with Crippen molar-refractivity contribution in [2.45, 2.75) is 38.6 Å². The van der Waals surface area contributed by atoms with Crippen LogP contribution in [0.3, 0.4) is 0 Å². The molecule has 2 aromatic rings. The number of aryl methyl sites for hydroxylation is 1. The topological polar surface area (TPSA) is 86.4 Å². The lowest BCUT2D eigenvalue weighted by Crippen LogP contribution is -2.50. The summed E-state index contributed by atoms with van der Waals surface area (Å²) in [6.07, 6.45) is 0. The molecule has 1 aromatic heterocycles. The molecule has 1 amide bonds. The van der Waals surface area contributed by atoms with Crippen LogP contribution in [0.2, 0.25) is 0 Å². The number of carbonyl (C=O) groups excluding carboxylic acids is 1. The number of piperazine rings is 1. The standard InChI is InChI=1S/C21H26N4O3S/c1-15(2)25-16(3)13-19(17(25)4)21(26)23-9-11-24(12-10-23)29(27,28)20-8-6-5-7-18(20)14-22/h5-8,13,15H,9-12H2,1-4H3. The van der Waals surface area contributed by atoms with Gasteiger partial charge < -0.3 is 9.47 Å². The Bertz CT molecular complexity index is 1070. The number of rotatable bonds is 4. The van der Waals surface area contributed by atoms with E-state index in [0.717, 1.165) is 11.4 Å². The molecule has 1 aliphatic heterocycles. The van der Waals surface area contributed by atoms with Crippen LogP contribution in [0.1, 0.15) is 47.2 Å². The molecule has 2 heterocycles. The summed E-state index contributed by atoms with van der Waals surface area (Å²) in [6, 6.07) is 10.3. The van der Waals surface area contributed by atoms with Crippen molar-refractivity contribution < 1.29 is 13.2 Å². The van der Waals surface area contributed by atoms with Crippen molar-refractivity contribution in [2.75, 3.05) is 26.2 Å². The van der Waals surface area contributed by atoms with E-state index in [1.165, 1.54) is 16.4 Å². The number of sulfonamides is 1. The lowest BCUT2D eigenvalue weighted by Gasteiger charge is -2.34. The Morgan fingerprint density at radius 1 is 1.10 bits per heavy atom. The highest BCUT2D eigenvalue weighted by atomic mass is 32.2. The molecular weight excluding hydrogens is 388 g/mol. The van der Waals surface area contributed by atoms with Gasteiger partial charge in [0.15, 0.2) is 0 Å². The number of aromatic nitrogens is 1. The summed E-state index contributed by atoms with van der Waals surface area (Å²) in [5, 5.41) is 9.22. The average Bonchev–Trinajstić information content (AvgIpc) is 3.01. The van der Waals surface area contributed by atoms with Gasteiger partial charge >= 0.3 is 0 Å². The first-order valence-corrected chi connectivity index (χ1v) is 11.1. The van der Waals surface area contributed by atoms with Gasteiger partial charge in [-0.2, -0.15) is 9.57 Å². The van der Waals surface area contributed by atoms with Crippen molar-refractivity contribution in [1.29, 1.82) is 5.26 Å². The van der Waals surface area contributed by atoms with Gasteiger partial charge in [-0.25, -0.2) is 8.42 Å². The number of hydrogen-bond donors (Lipinski definition) is 0. The molecule has 1 aliphatic rings. The maximum atomic E-state index is 13.0. The second-order valence-corrected chi connectivity index (χ2v) is 9.46. The zero-order valence-corrected chi connectivity index (χ0v) is 18.0. The quantitative estimate of drug-likeness (QED) is 0.770. The Balaban J connectivity index is 1.77. The summed E-state index contributed by atoms with van der Waals surface area (Å²) in [6.45, 7) is 9.14. The molecule has 0 bridgehead atoms. The molecule has 0 aliphatic carbocycles. The van der Waals surface area contributed by atoms with E-state index in [1.807, 2.05) is 26.0 Å². The molecule has 1 aromatic carbocycles. The number of nitriles is 1. The number of amides is 1. The van der Waals surface area contributed by atoms with E-state index < -0.39 is 10.0 Å². The van der Waals surface area contributed by atoms with Crippen LogP contribution in [0.25, 0.3) is 0 Å². The number of carbonyl (C=O) groups is 1. The van der Waals surface area contributed by atoms with E-state index in [-0.39, 0.29) is 35.5 Å². The maximum absolute atomic E-state index is 13.0. The van der Waals surface area contributed by atoms with Gasteiger partial charge in [0.2, 0.25) is 10.0 Å². The van der Waals surface area contributed by atoms with E-state index in [0.29, 0.717) is 18.7 Å². The highest BCUT2D eigenvalue weighted by molar-refractivity contribution is 7.89. The third-order valence-corrected chi connectivity index (χ3v) is 7.34. The smallest absolute Gasteiger partial charge is 0.255 e. The van der Waals surface area contributed by atoms with Crippen LogP contribution in [-0.4, -0.2) is 54.3 Å². The van der Waals surface area contributed by atoms with Gasteiger partial charge in [-0.15, -0.1) is 0 Å². The van der Waals surface area contributed by atoms with E-state index in [4.69, 9.17) is 0 Å². The predicted molar refractivity (Wildman–Crippen MR) is 110 cm³/mol. The SMILES string of the molecule is Cc1cc(C(=O)N2CCN(S(=O)(=O)c3ccccc3C#N)CC2)c(C)n1C(C)C. The minimum Gasteiger partial charge on any atom is -0.346 e. The fourth-order valence-electron chi connectivity index (χ4n) is 4.01. The first-order chi connectivity index (χ1) is 13.7. The van der Waals surface area contributed by atoms with Crippen molar-refractivity contribution in [3.05, 3.63) is 52.8 Å². The highest BCUT2D eigenvalue weighted by Crippen LogP contribution is 2.24. The molecule has 3 rings (SSSR count). The van der Waals surface area contributed by atoms with Crippen LogP contribution in [0.5, 0.6) is 0 Å². The second-order valence-electron chi connectivity index (χ2n) is 7.55. The maximum Gasteiger partial charge on any atom is 0.255 e. The fraction of sp³-hybridized carbons (Fsp3) is 0.429. The Kier molecular flexibility index (Phi) is 5.82. The minimum absolute atomic E-state index is 0.0164. The minimum atomic E-state index is -3.77. The number of hydrogen-bond acceptors (Lipinski definition) is 4. The molecule has 1 saturated heterocycles. The molecule has 0 unspecified atom stereocenters. The summed E-state index contributed by atoms with van der Waals surface area (Å²) in [5.41, 5.74) is 2.77. The predicted octanol–water partition coefficient (Wildman–Crippen LogP) is 2.70. The molecule has 0 N–H and O–H groups in total. The fourth-order valence-corrected chi connectivity index (χ4v) is 5.58. The Hall–Kier alpha value is -2.63. The van der Waals surface area contributed by atoms with Crippen molar-refractivity contribution in [1.82, 2.24) is 13.8 Å². The monoisotopic (exact) mass is 414 g/mol. The molecule has 0 atom stereocenters. The summed E-state index contributed by atoms with van der Waals surface area (Å²) < 4.78 is 29.4. The second kappa shape index (κ2) is 8.01. The van der Waals surface area contributed by atoms with Crippen LogP contribution in [-0.2, 0) is 10.0 Å². The molecule has 29 heavy (non-hydrogen) atoms. The first-order valence-electron chi connectivity index (χ1n) is 9.65. The Morgan fingerprint density at radius 3 is 2.28 bits per heavy atom. The van der Waals surface area contributed by atoms with Gasteiger partial charge in [0.1, 0.15) is 6.07 Å². The molecule has 1 fully saturated rings. The van der Waals surface area contributed by atoms with Gasteiger partial charge in [0.05, 0.1) is 16.0 Å². The lowest BCUT2D eigenvalue weighted by molar-refractivity contribution is 0.0697. The molecule has 0 saturated carbocycles. The van der Waals surface area contributed by atoms with E-state index in [2.05, 4.69) is 18.4 Å². The van der Waals surface area contributed by atoms with Gasteiger partial charge in [-0.1, -0.05) is 12.1 Å². The summed E-state index contributed by atoms with van der Waals surface area (Å²) >= 11 is 0. The molecule has 8 heteroatoms. The van der Waals surface area contributed by atoms with Gasteiger partial charge in [-0.05, 0) is 45.9 Å². The van der Waals surface area contributed by atoms with Crippen molar-refractivity contribution in [3.63, 3.8) is 0 Å². The van der Waals surface area contributed by atoms with Gasteiger partial charge in [0, 0.05) is 43.6 Å². The summed E-state index contributed by atoms with van der Waals surface area (Å²) in [4.78, 5) is 14.8. The average molecular weight is 415 g/mol. The first kappa shape index (κ1) is 21.1. The van der Waals surface area contributed by atoms with Crippen LogP contribution in [0.15, 0.2) is 35.2 Å². The highest BCUT2D eigenvalue weighted by Gasteiger charge is 2.32. The normalized spacial score (nSPS) is 15.5. The number of benzene rings is 1. The van der Waals surface area contributed by atoms with Crippen molar-refractivity contribution >= 4 is 15.9 Å². The molecule has 0 radical (unpaired) electrons. The lowest BCUT2D eigenvalue weighted by atomic mass is 10.2. The Labute approximate surface area is 172 Å². The molecule has 7 nitrogen and oxygen atoms in total. The molecule has 154 valence electrons. The third kappa shape index (κ3) is 3.80. The van der Waals surface area contributed by atoms with Crippen LogP contribution < -0.4 is 0 Å².